The van der Waals surface area contributed by atoms with E-state index in [2.05, 4.69) is 65.2 Å². The first-order valence-corrected chi connectivity index (χ1v) is 7.79. The van der Waals surface area contributed by atoms with Gasteiger partial charge in [-0.15, -0.1) is 0 Å². The normalized spacial score (nSPS) is 11.3. The predicted molar refractivity (Wildman–Crippen MR) is 85.9 cm³/mol. The van der Waals surface area contributed by atoms with Crippen LogP contribution in [0, 0.1) is 15.4 Å². The predicted octanol–water partition coefficient (Wildman–Crippen LogP) is 3.98. The van der Waals surface area contributed by atoms with E-state index in [1.54, 1.807) is 0 Å². The second-order valence-electron chi connectivity index (χ2n) is 5.55. The first-order chi connectivity index (χ1) is 8.49. The molecule has 0 saturated carbocycles. The van der Waals surface area contributed by atoms with E-state index in [9.17, 15) is 0 Å². The van der Waals surface area contributed by atoms with Crippen LogP contribution in [-0.4, -0.2) is 23.1 Å². The summed E-state index contributed by atoms with van der Waals surface area (Å²) in [6.07, 6.45) is 6.15. The first-order valence-electron chi connectivity index (χ1n) is 6.71. The third kappa shape index (κ3) is 5.98. The van der Waals surface area contributed by atoms with E-state index in [1.165, 1.54) is 12.8 Å². The van der Waals surface area contributed by atoms with Crippen LogP contribution in [0.5, 0.6) is 0 Å². The number of rotatable bonds is 7. The highest BCUT2D eigenvalue weighted by molar-refractivity contribution is 14.1. The van der Waals surface area contributed by atoms with Gasteiger partial charge in [-0.3, -0.25) is 0 Å². The molecule has 0 amide bonds. The van der Waals surface area contributed by atoms with E-state index >= 15 is 0 Å². The topological polar surface area (TPSA) is 29.0 Å². The number of hydrogen-bond acceptors (Lipinski definition) is 3. The molecule has 0 bridgehead atoms. The number of halogens is 1. The highest BCUT2D eigenvalue weighted by atomic mass is 127. The fourth-order valence-corrected chi connectivity index (χ4v) is 1.89. The zero-order valence-electron chi connectivity index (χ0n) is 11.9. The highest BCUT2D eigenvalue weighted by Gasteiger charge is 2.10. The van der Waals surface area contributed by atoms with Crippen molar-refractivity contribution in [2.75, 3.05) is 18.0 Å². The number of hydrogen-bond donors (Lipinski definition) is 0. The van der Waals surface area contributed by atoms with Crippen molar-refractivity contribution in [3.05, 3.63) is 16.0 Å². The van der Waals surface area contributed by atoms with Crippen molar-refractivity contribution in [2.24, 2.45) is 11.8 Å². The summed E-state index contributed by atoms with van der Waals surface area (Å²) in [5.74, 6) is 2.31. The molecule has 0 radical (unpaired) electrons. The van der Waals surface area contributed by atoms with Crippen LogP contribution in [0.3, 0.4) is 0 Å². The lowest BCUT2D eigenvalue weighted by Crippen LogP contribution is -2.29. The molecule has 0 aliphatic heterocycles. The summed E-state index contributed by atoms with van der Waals surface area (Å²) in [5, 5.41) is 0. The molecule has 0 unspecified atom stereocenters. The van der Waals surface area contributed by atoms with Crippen LogP contribution in [0.4, 0.5) is 5.95 Å². The zero-order valence-corrected chi connectivity index (χ0v) is 14.0. The van der Waals surface area contributed by atoms with E-state index in [0.717, 1.165) is 34.4 Å². The molecule has 102 valence electrons. The zero-order chi connectivity index (χ0) is 13.5. The summed E-state index contributed by atoms with van der Waals surface area (Å²) >= 11 is 2.24. The number of anilines is 1. The minimum atomic E-state index is 0.718. The average Bonchev–Trinajstić information content (AvgIpc) is 2.30. The van der Waals surface area contributed by atoms with Crippen LogP contribution in [0.2, 0.25) is 0 Å². The Labute approximate surface area is 125 Å². The van der Waals surface area contributed by atoms with E-state index in [0.29, 0.717) is 0 Å². The molecule has 0 saturated heterocycles. The summed E-state index contributed by atoms with van der Waals surface area (Å²) in [6.45, 7) is 11.1. The van der Waals surface area contributed by atoms with Gasteiger partial charge in [-0.1, -0.05) is 27.7 Å². The van der Waals surface area contributed by atoms with Crippen molar-refractivity contribution in [1.82, 2.24) is 9.97 Å². The van der Waals surface area contributed by atoms with Crippen molar-refractivity contribution in [1.29, 1.82) is 0 Å². The molecule has 3 nitrogen and oxygen atoms in total. The maximum absolute atomic E-state index is 4.44. The van der Waals surface area contributed by atoms with Crippen molar-refractivity contribution < 1.29 is 0 Å². The summed E-state index contributed by atoms with van der Waals surface area (Å²) in [4.78, 5) is 11.2. The SMILES string of the molecule is CC(C)CCN(CCC(C)C)c1ncc(I)cn1. The summed E-state index contributed by atoms with van der Waals surface area (Å²) < 4.78 is 1.09. The Morgan fingerprint density at radius 3 is 1.83 bits per heavy atom. The van der Waals surface area contributed by atoms with Gasteiger partial charge in [-0.2, -0.15) is 0 Å². The van der Waals surface area contributed by atoms with Gasteiger partial charge in [-0.25, -0.2) is 9.97 Å². The molecular formula is C14H24IN3. The highest BCUT2D eigenvalue weighted by Crippen LogP contribution is 2.13. The Morgan fingerprint density at radius 2 is 1.44 bits per heavy atom. The Hall–Kier alpha value is -0.390. The molecule has 0 aromatic carbocycles. The molecule has 0 spiro atoms. The van der Waals surface area contributed by atoms with Gasteiger partial charge >= 0.3 is 0 Å². The Morgan fingerprint density at radius 1 is 1.00 bits per heavy atom. The van der Waals surface area contributed by atoms with Crippen LogP contribution < -0.4 is 4.90 Å². The largest absolute Gasteiger partial charge is 0.341 e. The molecule has 1 aromatic heterocycles. The van der Waals surface area contributed by atoms with Gasteiger partial charge in [0, 0.05) is 29.1 Å². The van der Waals surface area contributed by atoms with Crippen LogP contribution in [0.25, 0.3) is 0 Å². The lowest BCUT2D eigenvalue weighted by molar-refractivity contribution is 0.530. The fourth-order valence-electron chi connectivity index (χ4n) is 1.61. The second-order valence-corrected chi connectivity index (χ2v) is 6.80. The Kier molecular flexibility index (Phi) is 6.89. The van der Waals surface area contributed by atoms with Crippen molar-refractivity contribution >= 4 is 28.5 Å². The molecule has 4 heteroatoms. The molecule has 1 heterocycles. The average molecular weight is 361 g/mol. The van der Waals surface area contributed by atoms with Gasteiger partial charge in [0.2, 0.25) is 5.95 Å². The quantitative estimate of drug-likeness (QED) is 0.688. The van der Waals surface area contributed by atoms with Crippen LogP contribution in [0.15, 0.2) is 12.4 Å². The van der Waals surface area contributed by atoms with Gasteiger partial charge in [-0.05, 0) is 47.3 Å². The molecule has 0 N–H and O–H groups in total. The van der Waals surface area contributed by atoms with E-state index in [4.69, 9.17) is 0 Å². The molecule has 1 aromatic rings. The molecule has 0 atom stereocenters. The lowest BCUT2D eigenvalue weighted by atomic mass is 10.1. The molecule has 0 fully saturated rings. The molecule has 18 heavy (non-hydrogen) atoms. The minimum Gasteiger partial charge on any atom is -0.341 e. The van der Waals surface area contributed by atoms with Gasteiger partial charge in [0.15, 0.2) is 0 Å². The first kappa shape index (κ1) is 15.7. The summed E-state index contributed by atoms with van der Waals surface area (Å²) in [7, 11) is 0. The molecule has 0 aliphatic carbocycles. The van der Waals surface area contributed by atoms with Gasteiger partial charge in [0.1, 0.15) is 0 Å². The van der Waals surface area contributed by atoms with E-state index in [1.807, 2.05) is 12.4 Å². The Balaban J connectivity index is 2.66. The van der Waals surface area contributed by atoms with Gasteiger partial charge < -0.3 is 4.90 Å². The third-order valence-corrected chi connectivity index (χ3v) is 3.40. The smallest absolute Gasteiger partial charge is 0.225 e. The number of nitrogens with zero attached hydrogens (tertiary/aromatic N) is 3. The van der Waals surface area contributed by atoms with Crippen molar-refractivity contribution in [3.63, 3.8) is 0 Å². The summed E-state index contributed by atoms with van der Waals surface area (Å²) in [5.41, 5.74) is 0. The van der Waals surface area contributed by atoms with E-state index < -0.39 is 0 Å². The van der Waals surface area contributed by atoms with Crippen LogP contribution in [0.1, 0.15) is 40.5 Å². The maximum Gasteiger partial charge on any atom is 0.225 e. The van der Waals surface area contributed by atoms with Gasteiger partial charge in [0.05, 0.1) is 0 Å². The third-order valence-electron chi connectivity index (χ3n) is 2.84. The van der Waals surface area contributed by atoms with Crippen molar-refractivity contribution in [2.45, 2.75) is 40.5 Å². The lowest BCUT2D eigenvalue weighted by Gasteiger charge is -2.24. The summed E-state index contributed by atoms with van der Waals surface area (Å²) in [6, 6.07) is 0. The van der Waals surface area contributed by atoms with Crippen molar-refractivity contribution in [3.8, 4) is 0 Å². The van der Waals surface area contributed by atoms with Crippen LogP contribution >= 0.6 is 22.6 Å². The maximum atomic E-state index is 4.44. The monoisotopic (exact) mass is 361 g/mol. The van der Waals surface area contributed by atoms with Gasteiger partial charge in [0.25, 0.3) is 0 Å². The molecule has 0 aliphatic rings. The Bertz CT molecular complexity index is 323. The fraction of sp³-hybridized carbons (Fsp3) is 0.714. The standard InChI is InChI=1S/C14H24IN3/c1-11(2)5-7-18(8-6-12(3)4)14-16-9-13(15)10-17-14/h9-12H,5-8H2,1-4H3. The molecule has 1 rings (SSSR count). The van der Waals surface area contributed by atoms with E-state index in [-0.39, 0.29) is 0 Å². The minimum absolute atomic E-state index is 0.718. The molecular weight excluding hydrogens is 337 g/mol. The number of aromatic nitrogens is 2. The second kappa shape index (κ2) is 7.92. The van der Waals surface area contributed by atoms with Crippen LogP contribution in [-0.2, 0) is 0 Å².